The molecule has 0 atom stereocenters. The minimum atomic E-state index is -0.286. The van der Waals surface area contributed by atoms with Crippen molar-refractivity contribution in [1.29, 1.82) is 0 Å². The zero-order valence-corrected chi connectivity index (χ0v) is 11.4. The highest BCUT2D eigenvalue weighted by atomic mass is 19.1. The molecule has 106 valence electrons. The topological polar surface area (TPSA) is 47.1 Å². The van der Waals surface area contributed by atoms with Crippen LogP contribution in [0.15, 0.2) is 30.3 Å². The number of fused-ring (bicyclic) bond motifs is 2. The fourth-order valence-electron chi connectivity index (χ4n) is 2.49. The Morgan fingerprint density at radius 2 is 1.86 bits per heavy atom. The quantitative estimate of drug-likeness (QED) is 0.744. The second kappa shape index (κ2) is 4.48. The van der Waals surface area contributed by atoms with E-state index in [1.165, 1.54) is 6.07 Å². The van der Waals surface area contributed by atoms with Crippen molar-refractivity contribution < 1.29 is 13.9 Å². The van der Waals surface area contributed by atoms with Crippen LogP contribution in [0.4, 0.5) is 4.39 Å². The van der Waals surface area contributed by atoms with E-state index in [4.69, 9.17) is 9.47 Å². The van der Waals surface area contributed by atoms with Gasteiger partial charge < -0.3 is 14.5 Å². The van der Waals surface area contributed by atoms with Gasteiger partial charge in [-0.15, -0.1) is 0 Å². The van der Waals surface area contributed by atoms with Crippen LogP contribution in [0, 0.1) is 12.7 Å². The average molecular weight is 284 g/mol. The number of aromatic nitrogens is 2. The molecule has 4 rings (SSSR count). The summed E-state index contributed by atoms with van der Waals surface area (Å²) in [4.78, 5) is 7.59. The first-order valence-corrected chi connectivity index (χ1v) is 6.76. The van der Waals surface area contributed by atoms with Crippen molar-refractivity contribution in [1.82, 2.24) is 9.97 Å². The number of rotatable bonds is 1. The van der Waals surface area contributed by atoms with Gasteiger partial charge in [-0.2, -0.15) is 0 Å². The first-order valence-electron chi connectivity index (χ1n) is 6.76. The van der Waals surface area contributed by atoms with Crippen LogP contribution in [-0.4, -0.2) is 23.2 Å². The van der Waals surface area contributed by atoms with E-state index < -0.39 is 0 Å². The van der Waals surface area contributed by atoms with Gasteiger partial charge in [0.2, 0.25) is 0 Å². The third-order valence-corrected chi connectivity index (χ3v) is 3.53. The number of benzene rings is 2. The van der Waals surface area contributed by atoms with Crippen LogP contribution in [0.3, 0.4) is 0 Å². The lowest BCUT2D eigenvalue weighted by molar-refractivity contribution is 0.172. The zero-order chi connectivity index (χ0) is 14.4. The van der Waals surface area contributed by atoms with Gasteiger partial charge in [0.1, 0.15) is 24.9 Å². The number of nitrogens with zero attached hydrogens (tertiary/aromatic N) is 1. The van der Waals surface area contributed by atoms with E-state index in [2.05, 4.69) is 9.97 Å². The van der Waals surface area contributed by atoms with Crippen LogP contribution < -0.4 is 9.47 Å². The Bertz CT molecular complexity index is 799. The molecule has 3 aromatic rings. The van der Waals surface area contributed by atoms with E-state index in [0.29, 0.717) is 36.1 Å². The van der Waals surface area contributed by atoms with Gasteiger partial charge >= 0.3 is 0 Å². The van der Waals surface area contributed by atoms with Gasteiger partial charge in [0.25, 0.3) is 0 Å². The lowest BCUT2D eigenvalue weighted by atomic mass is 10.1. The molecule has 4 nitrogen and oxygen atoms in total. The maximum atomic E-state index is 14.1. The Balaban J connectivity index is 1.86. The molecule has 0 bridgehead atoms. The lowest BCUT2D eigenvalue weighted by Crippen LogP contribution is -2.15. The van der Waals surface area contributed by atoms with Gasteiger partial charge in [-0.3, -0.25) is 0 Å². The number of halogens is 1. The number of aryl methyl sites for hydroxylation is 1. The molecule has 1 aromatic heterocycles. The summed E-state index contributed by atoms with van der Waals surface area (Å²) in [5.74, 6) is 1.58. The van der Waals surface area contributed by atoms with E-state index in [1.54, 1.807) is 6.07 Å². The molecule has 1 N–H and O–H groups in total. The average Bonchev–Trinajstić information content (AvgIpc) is 2.87. The van der Waals surface area contributed by atoms with Gasteiger partial charge in [0, 0.05) is 12.1 Å². The van der Waals surface area contributed by atoms with Crippen molar-refractivity contribution in [2.45, 2.75) is 6.92 Å². The summed E-state index contributed by atoms with van der Waals surface area (Å²) in [5.41, 5.74) is 2.87. The van der Waals surface area contributed by atoms with Crippen molar-refractivity contribution >= 4 is 11.0 Å². The van der Waals surface area contributed by atoms with Gasteiger partial charge in [-0.25, -0.2) is 9.37 Å². The molecule has 21 heavy (non-hydrogen) atoms. The summed E-state index contributed by atoms with van der Waals surface area (Å²) >= 11 is 0. The summed E-state index contributed by atoms with van der Waals surface area (Å²) in [7, 11) is 0. The number of aromatic amines is 1. The maximum absolute atomic E-state index is 14.1. The van der Waals surface area contributed by atoms with Gasteiger partial charge in [0.15, 0.2) is 11.5 Å². The van der Waals surface area contributed by atoms with Gasteiger partial charge in [0.05, 0.1) is 16.6 Å². The molecular weight excluding hydrogens is 271 g/mol. The van der Waals surface area contributed by atoms with Crippen molar-refractivity contribution in [2.24, 2.45) is 0 Å². The highest BCUT2D eigenvalue weighted by molar-refractivity contribution is 5.83. The highest BCUT2D eigenvalue weighted by Crippen LogP contribution is 2.35. The number of hydrogen-bond donors (Lipinski definition) is 1. The molecule has 0 aliphatic carbocycles. The number of hydrogen-bond acceptors (Lipinski definition) is 3. The van der Waals surface area contributed by atoms with Crippen molar-refractivity contribution in [2.75, 3.05) is 13.2 Å². The largest absolute Gasteiger partial charge is 0.486 e. The molecule has 0 saturated heterocycles. The van der Waals surface area contributed by atoms with E-state index in [1.807, 2.05) is 25.1 Å². The fraction of sp³-hybridized carbons (Fsp3) is 0.188. The molecule has 0 spiro atoms. The molecule has 2 heterocycles. The zero-order valence-electron chi connectivity index (χ0n) is 11.4. The fourth-order valence-corrected chi connectivity index (χ4v) is 2.49. The molecule has 5 heteroatoms. The highest BCUT2D eigenvalue weighted by Gasteiger charge is 2.16. The SMILES string of the molecule is Cc1ccc(-c2nc3cc4c(cc3[nH]2)OCCO4)c(F)c1. The van der Waals surface area contributed by atoms with E-state index in [9.17, 15) is 4.39 Å². The summed E-state index contributed by atoms with van der Waals surface area (Å²) in [5, 5.41) is 0. The normalized spacial score (nSPS) is 13.6. The summed E-state index contributed by atoms with van der Waals surface area (Å²) in [6.07, 6.45) is 0. The molecule has 0 radical (unpaired) electrons. The smallest absolute Gasteiger partial charge is 0.163 e. The van der Waals surface area contributed by atoms with Crippen LogP contribution in [-0.2, 0) is 0 Å². The first kappa shape index (κ1) is 12.2. The van der Waals surface area contributed by atoms with E-state index in [-0.39, 0.29) is 5.82 Å². The van der Waals surface area contributed by atoms with Crippen LogP contribution in [0.1, 0.15) is 5.56 Å². The summed E-state index contributed by atoms with van der Waals surface area (Å²) < 4.78 is 25.1. The predicted molar refractivity (Wildman–Crippen MR) is 77.2 cm³/mol. The lowest BCUT2D eigenvalue weighted by Gasteiger charge is -2.17. The number of ether oxygens (including phenoxy) is 2. The van der Waals surface area contributed by atoms with Gasteiger partial charge in [-0.1, -0.05) is 6.07 Å². The van der Waals surface area contributed by atoms with E-state index >= 15 is 0 Å². The third kappa shape index (κ3) is 2.01. The molecule has 2 aromatic carbocycles. The Morgan fingerprint density at radius 1 is 1.10 bits per heavy atom. The van der Waals surface area contributed by atoms with Crippen LogP contribution in [0.25, 0.3) is 22.4 Å². The molecule has 1 aliphatic rings. The molecule has 0 saturated carbocycles. The second-order valence-corrected chi connectivity index (χ2v) is 5.08. The van der Waals surface area contributed by atoms with Crippen LogP contribution in [0.5, 0.6) is 11.5 Å². The molecule has 1 aliphatic heterocycles. The minimum absolute atomic E-state index is 0.286. The Labute approximate surface area is 120 Å². The first-order chi connectivity index (χ1) is 10.2. The summed E-state index contributed by atoms with van der Waals surface area (Å²) in [6.45, 7) is 2.92. The Hall–Kier alpha value is -2.56. The number of H-pyrrole nitrogens is 1. The summed E-state index contributed by atoms with van der Waals surface area (Å²) in [6, 6.07) is 8.75. The van der Waals surface area contributed by atoms with Crippen LogP contribution in [0.2, 0.25) is 0 Å². The molecule has 0 unspecified atom stereocenters. The Morgan fingerprint density at radius 3 is 2.62 bits per heavy atom. The van der Waals surface area contributed by atoms with Crippen molar-refractivity contribution in [3.05, 3.63) is 41.7 Å². The number of nitrogens with one attached hydrogen (secondary N) is 1. The van der Waals surface area contributed by atoms with Crippen molar-refractivity contribution in [3.63, 3.8) is 0 Å². The van der Waals surface area contributed by atoms with E-state index in [0.717, 1.165) is 16.6 Å². The number of imidazole rings is 1. The standard InChI is InChI=1S/C16H13FN2O2/c1-9-2-3-10(11(17)6-9)16-18-12-7-14-15(8-13(12)19-16)21-5-4-20-14/h2-3,6-8H,4-5H2,1H3,(H,18,19). The van der Waals surface area contributed by atoms with Crippen molar-refractivity contribution in [3.8, 4) is 22.9 Å². The minimum Gasteiger partial charge on any atom is -0.486 e. The Kier molecular flexibility index (Phi) is 2.60. The molecule has 0 amide bonds. The second-order valence-electron chi connectivity index (χ2n) is 5.08. The third-order valence-electron chi connectivity index (χ3n) is 3.53. The van der Waals surface area contributed by atoms with Crippen LogP contribution >= 0.6 is 0 Å². The monoisotopic (exact) mass is 284 g/mol. The van der Waals surface area contributed by atoms with Gasteiger partial charge in [-0.05, 0) is 24.6 Å². The maximum Gasteiger partial charge on any atom is 0.163 e. The molecular formula is C16H13FN2O2. The predicted octanol–water partition coefficient (Wildman–Crippen LogP) is 3.45. The molecule has 0 fully saturated rings.